The van der Waals surface area contributed by atoms with E-state index in [1.807, 2.05) is 24.3 Å². The highest BCUT2D eigenvalue weighted by atomic mass is 79.9. The Bertz CT molecular complexity index is 589. The summed E-state index contributed by atoms with van der Waals surface area (Å²) in [5.41, 5.74) is 4.03. The molecule has 2 aromatic carbocycles. The number of ether oxygens (including phenoxy) is 1. The second-order valence-corrected chi connectivity index (χ2v) is 5.51. The fraction of sp³-hybridized carbons (Fsp3) is 0.250. The highest BCUT2D eigenvalue weighted by Crippen LogP contribution is 2.28. The molecule has 0 aromatic heterocycles. The first-order valence-corrected chi connectivity index (χ1v) is 7.59. The van der Waals surface area contributed by atoms with Gasteiger partial charge in [0.15, 0.2) is 0 Å². The largest absolute Gasteiger partial charge is 0.494 e. The lowest BCUT2D eigenvalue weighted by atomic mass is 9.99. The van der Waals surface area contributed by atoms with Crippen molar-refractivity contribution in [2.24, 2.45) is 5.84 Å². The minimum atomic E-state index is -0.414. The molecule has 0 aliphatic heterocycles. The maximum Gasteiger partial charge on any atom is 0.142 e. The highest BCUT2D eigenvalue weighted by Gasteiger charge is 2.18. The third-order valence-electron chi connectivity index (χ3n) is 3.15. The zero-order valence-electron chi connectivity index (χ0n) is 11.8. The van der Waals surface area contributed by atoms with E-state index in [0.717, 1.165) is 17.7 Å². The van der Waals surface area contributed by atoms with Crippen LogP contribution in [0.1, 0.15) is 30.5 Å². The topological polar surface area (TPSA) is 47.3 Å². The molecule has 3 nitrogen and oxygen atoms in total. The third-order valence-corrected chi connectivity index (χ3v) is 3.76. The van der Waals surface area contributed by atoms with Crippen molar-refractivity contribution in [3.63, 3.8) is 0 Å². The van der Waals surface area contributed by atoms with E-state index in [4.69, 9.17) is 10.6 Å². The van der Waals surface area contributed by atoms with Gasteiger partial charge in [0.25, 0.3) is 0 Å². The fourth-order valence-corrected chi connectivity index (χ4v) is 2.47. The van der Waals surface area contributed by atoms with Crippen LogP contribution in [0.5, 0.6) is 5.75 Å². The molecule has 0 amide bonds. The number of hydrogen-bond acceptors (Lipinski definition) is 3. The van der Waals surface area contributed by atoms with Crippen molar-refractivity contribution >= 4 is 15.9 Å². The van der Waals surface area contributed by atoms with E-state index in [1.54, 1.807) is 18.2 Å². The summed E-state index contributed by atoms with van der Waals surface area (Å²) < 4.78 is 20.2. The van der Waals surface area contributed by atoms with Crippen LogP contribution in [-0.2, 0) is 0 Å². The number of rotatable bonds is 6. The lowest BCUT2D eigenvalue weighted by molar-refractivity contribution is 0.317. The molecule has 0 aliphatic rings. The minimum absolute atomic E-state index is 0.313. The Hall–Kier alpha value is -1.43. The quantitative estimate of drug-likeness (QED) is 0.611. The first kappa shape index (κ1) is 15.9. The van der Waals surface area contributed by atoms with Gasteiger partial charge in [-0.15, -0.1) is 0 Å². The average molecular weight is 353 g/mol. The van der Waals surface area contributed by atoms with Gasteiger partial charge in [0.2, 0.25) is 0 Å². The summed E-state index contributed by atoms with van der Waals surface area (Å²) in [7, 11) is 0. The van der Waals surface area contributed by atoms with E-state index in [-0.39, 0.29) is 5.82 Å². The van der Waals surface area contributed by atoms with Gasteiger partial charge in [-0.25, -0.2) is 9.82 Å². The molecule has 0 spiro atoms. The summed E-state index contributed by atoms with van der Waals surface area (Å²) in [6, 6.07) is 12.2. The van der Waals surface area contributed by atoms with E-state index < -0.39 is 6.04 Å². The van der Waals surface area contributed by atoms with Crippen LogP contribution in [0, 0.1) is 5.82 Å². The number of nitrogens with one attached hydrogen (secondary N) is 1. The zero-order chi connectivity index (χ0) is 15.2. The summed E-state index contributed by atoms with van der Waals surface area (Å²) in [5, 5.41) is 0. The summed E-state index contributed by atoms with van der Waals surface area (Å²) in [5.74, 6) is 6.09. The van der Waals surface area contributed by atoms with Gasteiger partial charge in [-0.2, -0.15) is 0 Å². The molecule has 5 heteroatoms. The van der Waals surface area contributed by atoms with Crippen LogP contribution in [0.2, 0.25) is 0 Å². The maximum absolute atomic E-state index is 14.2. The zero-order valence-corrected chi connectivity index (χ0v) is 13.4. The molecule has 2 aromatic rings. The van der Waals surface area contributed by atoms with Gasteiger partial charge in [0, 0.05) is 5.56 Å². The molecule has 0 fully saturated rings. The van der Waals surface area contributed by atoms with Crippen LogP contribution in [0.4, 0.5) is 4.39 Å². The fourth-order valence-electron chi connectivity index (χ4n) is 2.09. The van der Waals surface area contributed by atoms with E-state index in [0.29, 0.717) is 16.6 Å². The van der Waals surface area contributed by atoms with E-state index in [1.165, 1.54) is 0 Å². The summed E-state index contributed by atoms with van der Waals surface area (Å²) in [4.78, 5) is 0. The van der Waals surface area contributed by atoms with Gasteiger partial charge in [0.1, 0.15) is 11.6 Å². The maximum atomic E-state index is 14.2. The highest BCUT2D eigenvalue weighted by molar-refractivity contribution is 9.10. The van der Waals surface area contributed by atoms with Gasteiger partial charge >= 0.3 is 0 Å². The van der Waals surface area contributed by atoms with Crippen molar-refractivity contribution in [3.8, 4) is 5.75 Å². The van der Waals surface area contributed by atoms with Crippen molar-refractivity contribution in [1.29, 1.82) is 0 Å². The number of benzene rings is 2. The Morgan fingerprint density at radius 2 is 1.95 bits per heavy atom. The predicted octanol–water partition coefficient (Wildman–Crippen LogP) is 3.93. The van der Waals surface area contributed by atoms with Gasteiger partial charge in [-0.1, -0.05) is 31.2 Å². The summed E-state index contributed by atoms with van der Waals surface area (Å²) in [6.45, 7) is 2.73. The van der Waals surface area contributed by atoms with E-state index >= 15 is 0 Å². The molecule has 1 unspecified atom stereocenters. The lowest BCUT2D eigenvalue weighted by Crippen LogP contribution is -2.29. The normalized spacial score (nSPS) is 12.2. The second kappa shape index (κ2) is 7.54. The van der Waals surface area contributed by atoms with Gasteiger partial charge in [0.05, 0.1) is 17.1 Å². The van der Waals surface area contributed by atoms with Gasteiger partial charge < -0.3 is 4.74 Å². The van der Waals surface area contributed by atoms with Crippen LogP contribution in [-0.4, -0.2) is 6.61 Å². The minimum Gasteiger partial charge on any atom is -0.494 e. The summed E-state index contributed by atoms with van der Waals surface area (Å²) >= 11 is 3.19. The van der Waals surface area contributed by atoms with Gasteiger partial charge in [-0.3, -0.25) is 5.84 Å². The Balaban J connectivity index is 2.27. The van der Waals surface area contributed by atoms with Crippen LogP contribution in [0.3, 0.4) is 0 Å². The van der Waals surface area contributed by atoms with Gasteiger partial charge in [-0.05, 0) is 46.1 Å². The molecule has 1 atom stereocenters. The molecule has 0 saturated carbocycles. The Morgan fingerprint density at radius 1 is 1.24 bits per heavy atom. The molecular weight excluding hydrogens is 335 g/mol. The SMILES string of the molecule is CCCOc1ccc(C(NN)c2cccc(Br)c2F)cc1. The Morgan fingerprint density at radius 3 is 2.57 bits per heavy atom. The van der Waals surface area contributed by atoms with Crippen LogP contribution >= 0.6 is 15.9 Å². The van der Waals surface area contributed by atoms with Crippen LogP contribution < -0.4 is 16.0 Å². The smallest absolute Gasteiger partial charge is 0.142 e. The van der Waals surface area contributed by atoms with Crippen molar-refractivity contribution in [2.75, 3.05) is 6.61 Å². The van der Waals surface area contributed by atoms with E-state index in [9.17, 15) is 4.39 Å². The predicted molar refractivity (Wildman–Crippen MR) is 85.5 cm³/mol. The summed E-state index contributed by atoms with van der Waals surface area (Å²) in [6.07, 6.45) is 0.956. The molecule has 2 rings (SSSR count). The number of nitrogens with two attached hydrogens (primary N) is 1. The molecule has 21 heavy (non-hydrogen) atoms. The molecule has 0 aliphatic carbocycles. The third kappa shape index (κ3) is 3.81. The molecule has 112 valence electrons. The van der Waals surface area contributed by atoms with Crippen molar-refractivity contribution in [3.05, 3.63) is 63.9 Å². The second-order valence-electron chi connectivity index (χ2n) is 4.66. The molecule has 0 bridgehead atoms. The number of hydrazine groups is 1. The molecule has 0 heterocycles. The first-order valence-electron chi connectivity index (χ1n) is 6.80. The Labute approximate surface area is 132 Å². The molecular formula is C16H18BrFN2O. The Kier molecular flexibility index (Phi) is 5.73. The number of hydrogen-bond donors (Lipinski definition) is 2. The van der Waals surface area contributed by atoms with Crippen LogP contribution in [0.25, 0.3) is 0 Å². The molecule has 0 radical (unpaired) electrons. The number of halogens is 2. The average Bonchev–Trinajstić information content (AvgIpc) is 2.51. The van der Waals surface area contributed by atoms with Crippen LogP contribution in [0.15, 0.2) is 46.9 Å². The van der Waals surface area contributed by atoms with Crippen molar-refractivity contribution < 1.29 is 9.13 Å². The molecule has 3 N–H and O–H groups in total. The first-order chi connectivity index (χ1) is 10.2. The van der Waals surface area contributed by atoms with Crippen molar-refractivity contribution in [1.82, 2.24) is 5.43 Å². The lowest BCUT2D eigenvalue weighted by Gasteiger charge is -2.18. The standard InChI is InChI=1S/C16H18BrFN2O/c1-2-10-21-12-8-6-11(7-9-12)16(20-19)13-4-3-5-14(17)15(13)18/h3-9,16,20H,2,10,19H2,1H3. The molecule has 0 saturated heterocycles. The van der Waals surface area contributed by atoms with Crippen molar-refractivity contribution in [2.45, 2.75) is 19.4 Å². The van der Waals surface area contributed by atoms with E-state index in [2.05, 4.69) is 28.3 Å². The monoisotopic (exact) mass is 352 g/mol.